The first-order valence-corrected chi connectivity index (χ1v) is 6.14. The quantitative estimate of drug-likeness (QED) is 0.836. The van der Waals surface area contributed by atoms with E-state index < -0.39 is 5.82 Å². The number of ether oxygens (including phenoxy) is 2. The lowest BCUT2D eigenvalue weighted by Crippen LogP contribution is -1.97. The van der Waals surface area contributed by atoms with E-state index in [1.165, 1.54) is 13.2 Å². The van der Waals surface area contributed by atoms with Crippen molar-refractivity contribution in [2.45, 2.75) is 13.0 Å². The zero-order valence-corrected chi connectivity index (χ0v) is 11.1. The minimum absolute atomic E-state index is 0.217. The summed E-state index contributed by atoms with van der Waals surface area (Å²) in [5.74, 6) is 0.496. The lowest BCUT2D eigenvalue weighted by atomic mass is 10.1. The minimum atomic E-state index is -0.405. The Bertz CT molecular complexity index is 617. The Balaban J connectivity index is 1.98. The predicted molar refractivity (Wildman–Crippen MR) is 73.0 cm³/mol. The molecule has 0 atom stereocenters. The summed E-state index contributed by atoms with van der Waals surface area (Å²) in [5.41, 5.74) is 1.67. The van der Waals surface area contributed by atoms with Crippen molar-refractivity contribution in [3.05, 3.63) is 59.4 Å². The fourth-order valence-electron chi connectivity index (χ4n) is 1.76. The summed E-state index contributed by atoms with van der Waals surface area (Å²) in [6, 6.07) is 14.1. The molecular weight excluding hydrogens is 257 g/mol. The Morgan fingerprint density at radius 3 is 2.40 bits per heavy atom. The Morgan fingerprint density at radius 2 is 1.80 bits per heavy atom. The van der Waals surface area contributed by atoms with Crippen LogP contribution in [0.1, 0.15) is 11.1 Å². The summed E-state index contributed by atoms with van der Waals surface area (Å²) >= 11 is 0. The third-order valence-electron chi connectivity index (χ3n) is 2.83. The normalized spacial score (nSPS) is 9.85. The molecule has 0 heterocycles. The van der Waals surface area contributed by atoms with E-state index in [0.29, 0.717) is 12.2 Å². The molecule has 0 bridgehead atoms. The van der Waals surface area contributed by atoms with Crippen LogP contribution in [-0.2, 0) is 13.0 Å². The highest BCUT2D eigenvalue weighted by Crippen LogP contribution is 2.19. The van der Waals surface area contributed by atoms with Gasteiger partial charge in [-0.05, 0) is 35.4 Å². The van der Waals surface area contributed by atoms with E-state index in [2.05, 4.69) is 6.07 Å². The average Bonchev–Trinajstić information content (AvgIpc) is 2.47. The van der Waals surface area contributed by atoms with Gasteiger partial charge in [0.15, 0.2) is 11.6 Å². The lowest BCUT2D eigenvalue weighted by Gasteiger charge is -2.08. The molecule has 0 aromatic heterocycles. The third-order valence-corrected chi connectivity index (χ3v) is 2.83. The molecule has 3 nitrogen and oxygen atoms in total. The van der Waals surface area contributed by atoms with Crippen LogP contribution in [-0.4, -0.2) is 7.11 Å². The van der Waals surface area contributed by atoms with Crippen LogP contribution in [0.15, 0.2) is 42.5 Å². The topological polar surface area (TPSA) is 42.2 Å². The summed E-state index contributed by atoms with van der Waals surface area (Å²) in [5, 5.41) is 8.58. The number of hydrogen-bond donors (Lipinski definition) is 0. The van der Waals surface area contributed by atoms with Gasteiger partial charge in [-0.15, -0.1) is 0 Å². The van der Waals surface area contributed by atoms with Crippen LogP contribution in [0, 0.1) is 17.1 Å². The van der Waals surface area contributed by atoms with Gasteiger partial charge >= 0.3 is 0 Å². The van der Waals surface area contributed by atoms with E-state index in [4.69, 9.17) is 14.7 Å². The van der Waals surface area contributed by atoms with E-state index in [0.717, 1.165) is 11.1 Å². The van der Waals surface area contributed by atoms with Gasteiger partial charge in [0.25, 0.3) is 0 Å². The van der Waals surface area contributed by atoms with E-state index in [1.807, 2.05) is 12.1 Å². The van der Waals surface area contributed by atoms with Crippen LogP contribution in [0.5, 0.6) is 11.5 Å². The molecule has 0 N–H and O–H groups in total. The van der Waals surface area contributed by atoms with E-state index >= 15 is 0 Å². The number of halogens is 1. The van der Waals surface area contributed by atoms with Crippen molar-refractivity contribution >= 4 is 0 Å². The molecule has 2 rings (SSSR count). The summed E-state index contributed by atoms with van der Waals surface area (Å²) in [7, 11) is 1.43. The van der Waals surface area contributed by atoms with Gasteiger partial charge in [-0.3, -0.25) is 0 Å². The van der Waals surface area contributed by atoms with Crippen molar-refractivity contribution < 1.29 is 13.9 Å². The molecule has 2 aromatic carbocycles. The molecule has 0 aliphatic rings. The smallest absolute Gasteiger partial charge is 0.165 e. The molecule has 2 aromatic rings. The van der Waals surface area contributed by atoms with Gasteiger partial charge in [-0.25, -0.2) is 4.39 Å². The van der Waals surface area contributed by atoms with Crippen molar-refractivity contribution in [1.29, 1.82) is 5.26 Å². The molecule has 0 aliphatic carbocycles. The highest BCUT2D eigenvalue weighted by atomic mass is 19.1. The fourth-order valence-corrected chi connectivity index (χ4v) is 1.76. The van der Waals surface area contributed by atoms with Gasteiger partial charge in [0, 0.05) is 0 Å². The van der Waals surface area contributed by atoms with Crippen LogP contribution >= 0.6 is 0 Å². The fraction of sp³-hybridized carbons (Fsp3) is 0.188. The number of hydrogen-bond acceptors (Lipinski definition) is 3. The summed E-state index contributed by atoms with van der Waals surface area (Å²) in [4.78, 5) is 0. The van der Waals surface area contributed by atoms with Crippen LogP contribution in [0.25, 0.3) is 0 Å². The zero-order chi connectivity index (χ0) is 14.4. The predicted octanol–water partition coefficient (Wildman–Crippen LogP) is 3.48. The van der Waals surface area contributed by atoms with E-state index in [9.17, 15) is 4.39 Å². The van der Waals surface area contributed by atoms with Gasteiger partial charge < -0.3 is 9.47 Å². The Hall–Kier alpha value is -2.54. The highest BCUT2D eigenvalue weighted by Gasteiger charge is 2.04. The summed E-state index contributed by atoms with van der Waals surface area (Å²) < 4.78 is 23.9. The number of nitriles is 1. The molecule has 0 radical (unpaired) electrons. The Labute approximate surface area is 117 Å². The van der Waals surface area contributed by atoms with Crippen LogP contribution in [0.4, 0.5) is 4.39 Å². The minimum Gasteiger partial charge on any atom is -0.494 e. The number of methoxy groups -OCH3 is 1. The van der Waals surface area contributed by atoms with Gasteiger partial charge in [0.1, 0.15) is 12.4 Å². The largest absolute Gasteiger partial charge is 0.494 e. The molecule has 102 valence electrons. The molecule has 20 heavy (non-hydrogen) atoms. The van der Waals surface area contributed by atoms with Crippen molar-refractivity contribution in [3.63, 3.8) is 0 Å². The lowest BCUT2D eigenvalue weighted by molar-refractivity contribution is 0.304. The maximum absolute atomic E-state index is 13.5. The van der Waals surface area contributed by atoms with Crippen molar-refractivity contribution in [2.75, 3.05) is 7.11 Å². The van der Waals surface area contributed by atoms with Gasteiger partial charge in [0.05, 0.1) is 19.6 Å². The second-order valence-electron chi connectivity index (χ2n) is 4.24. The van der Waals surface area contributed by atoms with Gasteiger partial charge in [0.2, 0.25) is 0 Å². The highest BCUT2D eigenvalue weighted by molar-refractivity contribution is 5.31. The van der Waals surface area contributed by atoms with Crippen molar-refractivity contribution in [2.24, 2.45) is 0 Å². The zero-order valence-electron chi connectivity index (χ0n) is 11.1. The van der Waals surface area contributed by atoms with Crippen molar-refractivity contribution in [1.82, 2.24) is 0 Å². The number of nitrogens with zero attached hydrogens (tertiary/aromatic N) is 1. The van der Waals surface area contributed by atoms with Gasteiger partial charge in [-0.1, -0.05) is 18.2 Å². The Morgan fingerprint density at radius 1 is 1.10 bits per heavy atom. The van der Waals surface area contributed by atoms with Crippen LogP contribution in [0.2, 0.25) is 0 Å². The maximum Gasteiger partial charge on any atom is 0.165 e. The van der Waals surface area contributed by atoms with E-state index in [1.54, 1.807) is 24.3 Å². The monoisotopic (exact) mass is 271 g/mol. The first kappa shape index (κ1) is 13.9. The summed E-state index contributed by atoms with van der Waals surface area (Å²) in [6.07, 6.45) is 0.379. The van der Waals surface area contributed by atoms with Crippen molar-refractivity contribution in [3.8, 4) is 17.6 Å². The summed E-state index contributed by atoms with van der Waals surface area (Å²) in [6.45, 7) is 0.276. The third kappa shape index (κ3) is 3.48. The second-order valence-corrected chi connectivity index (χ2v) is 4.24. The molecular formula is C16H14FNO2. The van der Waals surface area contributed by atoms with Gasteiger partial charge in [-0.2, -0.15) is 5.26 Å². The van der Waals surface area contributed by atoms with E-state index in [-0.39, 0.29) is 12.4 Å². The SMILES string of the molecule is COc1ccc(COc2ccc(CC#N)cc2)cc1F. The molecule has 0 saturated heterocycles. The van der Waals surface area contributed by atoms with Crippen LogP contribution in [0.3, 0.4) is 0 Å². The molecule has 0 amide bonds. The molecule has 0 saturated carbocycles. The first-order chi connectivity index (χ1) is 9.72. The first-order valence-electron chi connectivity index (χ1n) is 6.14. The van der Waals surface area contributed by atoms with Crippen LogP contribution < -0.4 is 9.47 Å². The molecule has 4 heteroatoms. The Kier molecular flexibility index (Phi) is 4.56. The molecule has 0 fully saturated rings. The molecule has 0 unspecified atom stereocenters. The average molecular weight is 271 g/mol. The second kappa shape index (κ2) is 6.58. The standard InChI is InChI=1S/C16H14FNO2/c1-19-16-7-4-13(10-15(16)17)11-20-14-5-2-12(3-6-14)8-9-18/h2-7,10H,8,11H2,1H3. The number of benzene rings is 2. The molecule has 0 spiro atoms. The number of rotatable bonds is 5. The molecule has 0 aliphatic heterocycles. The maximum atomic E-state index is 13.5.